The fourth-order valence-corrected chi connectivity index (χ4v) is 4.56. The van der Waals surface area contributed by atoms with Gasteiger partial charge in [-0.05, 0) is 18.4 Å². The minimum atomic E-state index is -1.75. The van der Waals surface area contributed by atoms with Crippen LogP contribution in [0.3, 0.4) is 0 Å². The van der Waals surface area contributed by atoms with Gasteiger partial charge in [-0.2, -0.15) is 0 Å². The predicted octanol–water partition coefficient (Wildman–Crippen LogP) is -0.487. The number of aliphatic hydroxyl groups is 3. The van der Waals surface area contributed by atoms with Crippen molar-refractivity contribution < 1.29 is 39.5 Å². The summed E-state index contributed by atoms with van der Waals surface area (Å²) in [5.41, 5.74) is 5.88. The van der Waals surface area contributed by atoms with Gasteiger partial charge in [0.05, 0.1) is 18.7 Å². The van der Waals surface area contributed by atoms with Gasteiger partial charge in [0.25, 0.3) is 0 Å². The minimum Gasteiger partial charge on any atom is -0.478 e. The van der Waals surface area contributed by atoms with Crippen molar-refractivity contribution in [1.82, 2.24) is 10.6 Å². The molecule has 1 aliphatic carbocycles. The van der Waals surface area contributed by atoms with Gasteiger partial charge < -0.3 is 36.2 Å². The quantitative estimate of drug-likeness (QED) is 0.111. The lowest BCUT2D eigenvalue weighted by molar-refractivity contribution is -0.145. The molecule has 12 heteroatoms. The van der Waals surface area contributed by atoms with Gasteiger partial charge >= 0.3 is 5.97 Å². The van der Waals surface area contributed by atoms with Crippen LogP contribution in [0, 0.1) is 5.92 Å². The van der Waals surface area contributed by atoms with Crippen molar-refractivity contribution in [3.8, 4) is 0 Å². The van der Waals surface area contributed by atoms with Gasteiger partial charge in [-0.1, -0.05) is 44.9 Å². The summed E-state index contributed by atoms with van der Waals surface area (Å²) in [6.45, 7) is 0.369. The van der Waals surface area contributed by atoms with Crippen molar-refractivity contribution in [2.75, 3.05) is 6.61 Å². The molecule has 2 amide bonds. The van der Waals surface area contributed by atoms with Crippen LogP contribution < -0.4 is 16.4 Å². The van der Waals surface area contributed by atoms with E-state index in [-0.39, 0.29) is 18.3 Å². The number of unbranched alkanes of at least 4 members (excludes halogenated alkanes) is 1. The number of guanidine groups is 1. The van der Waals surface area contributed by atoms with Crippen molar-refractivity contribution in [1.29, 1.82) is 0 Å². The largest absolute Gasteiger partial charge is 0.478 e. The summed E-state index contributed by atoms with van der Waals surface area (Å²) in [7, 11) is 0. The number of aliphatic hydroxyl groups excluding tert-OH is 3. The minimum absolute atomic E-state index is 0.256. The highest BCUT2D eigenvalue weighted by atomic mass is 16.5. The molecule has 198 valence electrons. The Hall–Kier alpha value is -2.70. The van der Waals surface area contributed by atoms with Crippen LogP contribution in [-0.2, 0) is 19.1 Å². The van der Waals surface area contributed by atoms with E-state index in [0.717, 1.165) is 24.8 Å². The average molecular weight is 499 g/mol. The summed E-state index contributed by atoms with van der Waals surface area (Å²) in [6, 6.07) is -2.28. The monoisotopic (exact) mass is 498 g/mol. The van der Waals surface area contributed by atoms with Crippen LogP contribution in [-0.4, -0.2) is 81.2 Å². The number of aliphatic imine (C=N–C) groups is 1. The Labute approximate surface area is 204 Å². The van der Waals surface area contributed by atoms with Crippen LogP contribution in [0.1, 0.15) is 64.7 Å². The average Bonchev–Trinajstić information content (AvgIpc) is 2.81. The molecule has 0 unspecified atom stereocenters. The second-order valence-corrected chi connectivity index (χ2v) is 9.19. The van der Waals surface area contributed by atoms with Gasteiger partial charge in [0.1, 0.15) is 18.3 Å². The summed E-state index contributed by atoms with van der Waals surface area (Å²) in [6.07, 6.45) is 5.57. The van der Waals surface area contributed by atoms with Gasteiger partial charge in [0.2, 0.25) is 17.6 Å². The summed E-state index contributed by atoms with van der Waals surface area (Å²) in [5, 5.41) is 43.8. The predicted molar refractivity (Wildman–Crippen MR) is 126 cm³/mol. The number of hydrogen-bond donors (Lipinski definition) is 7. The molecule has 0 spiro atoms. The van der Waals surface area contributed by atoms with Gasteiger partial charge in [-0.25, -0.2) is 9.79 Å². The lowest BCUT2D eigenvalue weighted by Crippen LogP contribution is -2.60. The molecule has 0 bridgehead atoms. The molecule has 35 heavy (non-hydrogen) atoms. The number of carboxylic acid groups (broad SMARTS) is 1. The molecule has 2 rings (SSSR count). The van der Waals surface area contributed by atoms with E-state index in [1.165, 1.54) is 39.0 Å². The second-order valence-electron chi connectivity index (χ2n) is 9.19. The smallest absolute Gasteiger partial charge is 0.370 e. The van der Waals surface area contributed by atoms with Gasteiger partial charge in [-0.15, -0.1) is 0 Å². The first-order chi connectivity index (χ1) is 16.6. The van der Waals surface area contributed by atoms with Crippen LogP contribution >= 0.6 is 0 Å². The molecule has 0 aromatic rings. The van der Waals surface area contributed by atoms with E-state index in [0.29, 0.717) is 6.42 Å². The Morgan fingerprint density at radius 1 is 1.20 bits per heavy atom. The third-order valence-electron chi connectivity index (χ3n) is 6.35. The van der Waals surface area contributed by atoms with E-state index in [9.17, 15) is 34.8 Å². The molecule has 5 atom stereocenters. The van der Waals surface area contributed by atoms with Crippen molar-refractivity contribution in [2.24, 2.45) is 16.6 Å². The maximum absolute atomic E-state index is 12.3. The van der Waals surface area contributed by atoms with Crippen LogP contribution in [0.15, 0.2) is 16.8 Å². The molecule has 8 N–H and O–H groups in total. The number of nitrogens with zero attached hydrogens (tertiary/aromatic N) is 1. The zero-order chi connectivity index (χ0) is 26.0. The maximum Gasteiger partial charge on any atom is 0.370 e. The maximum atomic E-state index is 12.3. The highest BCUT2D eigenvalue weighted by Gasteiger charge is 2.43. The fraction of sp³-hybridized carbons (Fsp3) is 0.739. The first kappa shape index (κ1) is 28.5. The number of carbonyl (C=O) groups excluding carboxylic acids is 2. The van der Waals surface area contributed by atoms with Crippen LogP contribution in [0.4, 0.5) is 0 Å². The van der Waals surface area contributed by atoms with Crippen LogP contribution in [0.5, 0.6) is 0 Å². The van der Waals surface area contributed by atoms with Crippen molar-refractivity contribution in [3.05, 3.63) is 11.8 Å². The van der Waals surface area contributed by atoms with E-state index in [1.807, 2.05) is 0 Å². The molecule has 0 aromatic heterocycles. The Kier molecular flexibility index (Phi) is 11.4. The number of nitrogens with one attached hydrogen (secondary N) is 2. The fourth-order valence-electron chi connectivity index (χ4n) is 4.56. The zero-order valence-electron chi connectivity index (χ0n) is 20.1. The molecule has 0 aromatic carbocycles. The number of ether oxygens (including phenoxy) is 1. The number of carbonyl (C=O) groups is 3. The number of nitrogens with two attached hydrogens (primary N) is 1. The molecule has 2 aliphatic rings. The lowest BCUT2D eigenvalue weighted by atomic mass is 9.85. The molecule has 1 heterocycles. The SMILES string of the molecule is CC(=O)N[C@H]1[C@H]([C@H](O)[C@H](O)CO)OC(C(=O)O)=C[C@@H]1N=C(N)NC(=O)CCCCC1CCCCC1. The summed E-state index contributed by atoms with van der Waals surface area (Å²) in [4.78, 5) is 39.7. The molecule has 0 radical (unpaired) electrons. The highest BCUT2D eigenvalue weighted by Crippen LogP contribution is 2.28. The standard InChI is InChI=1S/C23H38N4O8/c1-13(29)25-19-15(11-17(22(33)34)35-21(19)20(32)16(30)12-28)26-23(24)27-18(31)10-6-5-9-14-7-3-2-4-8-14/h11,14-16,19-21,28,30,32H,2-10,12H2,1H3,(H,25,29)(H,33,34)(H3,24,26,27,31)/t15-,16+,19+,20+,21+/m0/s1. The van der Waals surface area contributed by atoms with Crippen molar-refractivity contribution in [3.63, 3.8) is 0 Å². The Morgan fingerprint density at radius 3 is 2.49 bits per heavy atom. The number of carboxylic acids is 1. The second kappa shape index (κ2) is 14.0. The lowest BCUT2D eigenvalue weighted by Gasteiger charge is -2.38. The first-order valence-electron chi connectivity index (χ1n) is 12.1. The number of aliphatic carboxylic acids is 1. The first-order valence-corrected chi connectivity index (χ1v) is 12.1. The Morgan fingerprint density at radius 2 is 1.89 bits per heavy atom. The molecule has 0 saturated heterocycles. The van der Waals surface area contributed by atoms with Crippen molar-refractivity contribution in [2.45, 2.75) is 95.1 Å². The van der Waals surface area contributed by atoms with Crippen molar-refractivity contribution >= 4 is 23.7 Å². The molecular weight excluding hydrogens is 460 g/mol. The van der Waals surface area contributed by atoms with E-state index < -0.39 is 54.6 Å². The number of rotatable bonds is 11. The Bertz CT molecular complexity index is 796. The van der Waals surface area contributed by atoms with Crippen LogP contribution in [0.25, 0.3) is 0 Å². The van der Waals surface area contributed by atoms with Gasteiger partial charge in [-0.3, -0.25) is 14.9 Å². The number of amides is 2. The highest BCUT2D eigenvalue weighted by molar-refractivity contribution is 5.96. The summed E-state index contributed by atoms with van der Waals surface area (Å²) < 4.78 is 5.28. The van der Waals surface area contributed by atoms with E-state index in [1.54, 1.807) is 0 Å². The molecule has 1 saturated carbocycles. The van der Waals surface area contributed by atoms with Gasteiger partial charge in [0, 0.05) is 13.3 Å². The van der Waals surface area contributed by atoms with E-state index >= 15 is 0 Å². The number of hydrogen-bond acceptors (Lipinski definition) is 8. The normalized spacial score (nSPS) is 25.1. The summed E-state index contributed by atoms with van der Waals surface area (Å²) >= 11 is 0. The Balaban J connectivity index is 2.05. The zero-order valence-corrected chi connectivity index (χ0v) is 20.1. The van der Waals surface area contributed by atoms with Crippen LogP contribution in [0.2, 0.25) is 0 Å². The van der Waals surface area contributed by atoms with E-state index in [2.05, 4.69) is 15.6 Å². The molecule has 1 fully saturated rings. The van der Waals surface area contributed by atoms with E-state index in [4.69, 9.17) is 10.5 Å². The molecule has 1 aliphatic heterocycles. The van der Waals surface area contributed by atoms with Gasteiger partial charge in [0.15, 0.2) is 5.96 Å². The summed E-state index contributed by atoms with van der Waals surface area (Å²) in [5.74, 6) is -2.49. The molecular formula is C23H38N4O8. The molecule has 12 nitrogen and oxygen atoms in total. The third-order valence-corrected chi connectivity index (χ3v) is 6.35. The third kappa shape index (κ3) is 9.11. The topological polar surface area (TPSA) is 204 Å².